The zero-order valence-electron chi connectivity index (χ0n) is 15.6. The molecule has 0 bridgehead atoms. The molecule has 2 aromatic carbocycles. The normalized spacial score (nSPS) is 17.6. The summed E-state index contributed by atoms with van der Waals surface area (Å²) in [6.45, 7) is 0.124. The van der Waals surface area contributed by atoms with Gasteiger partial charge in [0.25, 0.3) is 0 Å². The predicted molar refractivity (Wildman–Crippen MR) is 102 cm³/mol. The number of aliphatic carboxylic acids is 1. The van der Waals surface area contributed by atoms with Gasteiger partial charge in [0.2, 0.25) is 0 Å². The number of anilines is 1. The fraction of sp³-hybridized carbons (Fsp3) is 0.300. The summed E-state index contributed by atoms with van der Waals surface area (Å²) < 4.78 is 15.9. The fourth-order valence-electron chi connectivity index (χ4n) is 3.12. The van der Waals surface area contributed by atoms with Gasteiger partial charge in [0.05, 0.1) is 20.3 Å². The third-order valence-corrected chi connectivity index (χ3v) is 4.54. The molecule has 0 saturated heterocycles. The van der Waals surface area contributed by atoms with Crippen molar-refractivity contribution in [2.24, 2.45) is 0 Å². The number of hydrogen-bond acceptors (Lipinski definition) is 6. The van der Waals surface area contributed by atoms with E-state index in [1.165, 1.54) is 14.2 Å². The van der Waals surface area contributed by atoms with Gasteiger partial charge in [0, 0.05) is 23.7 Å². The molecule has 0 fully saturated rings. The molecule has 2 atom stereocenters. The van der Waals surface area contributed by atoms with Gasteiger partial charge >= 0.3 is 12.1 Å². The van der Waals surface area contributed by atoms with Gasteiger partial charge in [-0.3, -0.25) is 0 Å². The van der Waals surface area contributed by atoms with Crippen molar-refractivity contribution in [3.8, 4) is 11.5 Å². The number of carboxylic acid groups (broad SMARTS) is 1. The highest BCUT2D eigenvalue weighted by Crippen LogP contribution is 2.40. The molecule has 8 heteroatoms. The summed E-state index contributed by atoms with van der Waals surface area (Å²) in [6, 6.07) is 11.3. The van der Waals surface area contributed by atoms with Crippen LogP contribution in [0.25, 0.3) is 0 Å². The molecule has 148 valence electrons. The van der Waals surface area contributed by atoms with Gasteiger partial charge in [-0.25, -0.2) is 9.59 Å². The number of carboxylic acids is 1. The molecular weight excluding hydrogens is 364 g/mol. The molecule has 1 heterocycles. The number of hydrogen-bond donors (Lipinski definition) is 3. The van der Waals surface area contributed by atoms with Gasteiger partial charge in [0.1, 0.15) is 12.6 Å². The van der Waals surface area contributed by atoms with Crippen LogP contribution in [0, 0.1) is 0 Å². The summed E-state index contributed by atoms with van der Waals surface area (Å²) >= 11 is 0. The number of fused-ring (bicyclic) bond motifs is 1. The highest BCUT2D eigenvalue weighted by Gasteiger charge is 2.33. The van der Waals surface area contributed by atoms with Crippen molar-refractivity contribution >= 4 is 17.7 Å². The average molecular weight is 386 g/mol. The van der Waals surface area contributed by atoms with Crippen LogP contribution < -0.4 is 20.1 Å². The third-order valence-electron chi connectivity index (χ3n) is 4.54. The second-order valence-electron chi connectivity index (χ2n) is 6.32. The van der Waals surface area contributed by atoms with E-state index in [-0.39, 0.29) is 13.0 Å². The van der Waals surface area contributed by atoms with Gasteiger partial charge in [0.15, 0.2) is 11.5 Å². The highest BCUT2D eigenvalue weighted by molar-refractivity contribution is 5.80. The summed E-state index contributed by atoms with van der Waals surface area (Å²) in [6.07, 6.45) is -0.459. The number of amides is 1. The number of carbonyl (C=O) groups is 2. The second-order valence-corrected chi connectivity index (χ2v) is 6.32. The standard InChI is InChI=1S/C20H22N2O6/c1-26-17-8-13-14(22-20(25)28-11-12-6-4-3-5-7-12)9-16(19(23)24)21-15(13)10-18(17)27-2/h3-8,10,14,16,21H,9,11H2,1-2H3,(H,22,25)(H,23,24)/t14-,16-/m1/s1. The zero-order valence-corrected chi connectivity index (χ0v) is 15.6. The fourth-order valence-corrected chi connectivity index (χ4v) is 3.12. The predicted octanol–water partition coefficient (Wildman–Crippen LogP) is 2.94. The molecule has 28 heavy (non-hydrogen) atoms. The van der Waals surface area contributed by atoms with Crippen molar-refractivity contribution in [3.63, 3.8) is 0 Å². The minimum absolute atomic E-state index is 0.124. The largest absolute Gasteiger partial charge is 0.493 e. The first-order valence-corrected chi connectivity index (χ1v) is 8.74. The van der Waals surface area contributed by atoms with Gasteiger partial charge in [-0.1, -0.05) is 30.3 Å². The molecular formula is C20H22N2O6. The molecule has 0 aliphatic carbocycles. The van der Waals surface area contributed by atoms with E-state index in [0.717, 1.165) is 5.56 Å². The lowest BCUT2D eigenvalue weighted by atomic mass is 9.92. The average Bonchev–Trinajstić information content (AvgIpc) is 2.71. The molecule has 1 aliphatic rings. The van der Waals surface area contributed by atoms with Crippen LogP contribution in [0.5, 0.6) is 11.5 Å². The van der Waals surface area contributed by atoms with Crippen molar-refractivity contribution in [2.45, 2.75) is 25.1 Å². The molecule has 3 rings (SSSR count). The number of methoxy groups -OCH3 is 2. The Balaban J connectivity index is 1.79. The number of carbonyl (C=O) groups excluding carboxylic acids is 1. The lowest BCUT2D eigenvalue weighted by molar-refractivity contribution is -0.138. The van der Waals surface area contributed by atoms with E-state index in [4.69, 9.17) is 14.2 Å². The van der Waals surface area contributed by atoms with E-state index >= 15 is 0 Å². The summed E-state index contributed by atoms with van der Waals surface area (Å²) in [5.41, 5.74) is 2.12. The van der Waals surface area contributed by atoms with E-state index in [1.807, 2.05) is 30.3 Å². The highest BCUT2D eigenvalue weighted by atomic mass is 16.5. The van der Waals surface area contributed by atoms with Crippen LogP contribution in [0.2, 0.25) is 0 Å². The maximum absolute atomic E-state index is 12.3. The Morgan fingerprint density at radius 2 is 1.82 bits per heavy atom. The molecule has 2 aromatic rings. The molecule has 0 unspecified atom stereocenters. The Kier molecular flexibility index (Phi) is 5.88. The molecule has 0 aromatic heterocycles. The topological polar surface area (TPSA) is 106 Å². The lowest BCUT2D eigenvalue weighted by Gasteiger charge is -2.32. The minimum atomic E-state index is -1.01. The molecule has 0 spiro atoms. The molecule has 1 aliphatic heterocycles. The van der Waals surface area contributed by atoms with Crippen LogP contribution >= 0.6 is 0 Å². The van der Waals surface area contributed by atoms with Crippen LogP contribution in [0.1, 0.15) is 23.6 Å². The zero-order chi connectivity index (χ0) is 20.1. The van der Waals surface area contributed by atoms with Crippen molar-refractivity contribution in [2.75, 3.05) is 19.5 Å². The smallest absolute Gasteiger partial charge is 0.407 e. The number of benzene rings is 2. The van der Waals surface area contributed by atoms with Gasteiger partial charge in [-0.05, 0) is 11.6 Å². The van der Waals surface area contributed by atoms with Crippen molar-refractivity contribution in [1.82, 2.24) is 5.32 Å². The van der Waals surface area contributed by atoms with Crippen molar-refractivity contribution < 1.29 is 28.9 Å². The molecule has 1 amide bonds. The van der Waals surface area contributed by atoms with Crippen LogP contribution in [0.4, 0.5) is 10.5 Å². The Morgan fingerprint density at radius 1 is 1.14 bits per heavy atom. The Labute approximate surface area is 162 Å². The van der Waals surface area contributed by atoms with Gasteiger partial charge < -0.3 is 30.0 Å². The van der Waals surface area contributed by atoms with E-state index in [2.05, 4.69) is 10.6 Å². The Morgan fingerprint density at radius 3 is 2.46 bits per heavy atom. The van der Waals surface area contributed by atoms with Gasteiger partial charge in [-0.15, -0.1) is 0 Å². The first kappa shape index (κ1) is 19.3. The first-order chi connectivity index (χ1) is 13.5. The van der Waals surface area contributed by atoms with E-state index in [0.29, 0.717) is 22.7 Å². The second kappa shape index (κ2) is 8.51. The summed E-state index contributed by atoms with van der Waals surface area (Å²) in [7, 11) is 3.01. The first-order valence-electron chi connectivity index (χ1n) is 8.74. The van der Waals surface area contributed by atoms with Crippen LogP contribution in [-0.4, -0.2) is 37.4 Å². The Bertz CT molecular complexity index is 855. The Hall–Kier alpha value is -3.42. The van der Waals surface area contributed by atoms with Gasteiger partial charge in [-0.2, -0.15) is 0 Å². The van der Waals surface area contributed by atoms with Crippen LogP contribution in [-0.2, 0) is 16.1 Å². The molecule has 0 radical (unpaired) electrons. The maximum atomic E-state index is 12.3. The molecule has 0 saturated carbocycles. The van der Waals surface area contributed by atoms with Crippen molar-refractivity contribution in [1.29, 1.82) is 0 Å². The lowest BCUT2D eigenvalue weighted by Crippen LogP contribution is -2.41. The number of ether oxygens (including phenoxy) is 3. The molecule has 3 N–H and O–H groups in total. The molecule has 8 nitrogen and oxygen atoms in total. The minimum Gasteiger partial charge on any atom is -0.493 e. The monoisotopic (exact) mass is 386 g/mol. The van der Waals surface area contributed by atoms with Crippen LogP contribution in [0.3, 0.4) is 0 Å². The summed E-state index contributed by atoms with van der Waals surface area (Å²) in [4.78, 5) is 23.8. The number of alkyl carbamates (subject to hydrolysis) is 1. The van der Waals surface area contributed by atoms with E-state index in [1.54, 1.807) is 12.1 Å². The van der Waals surface area contributed by atoms with E-state index in [9.17, 15) is 14.7 Å². The number of nitrogens with one attached hydrogen (secondary N) is 2. The SMILES string of the molecule is COc1cc2c(cc1OC)[C@H](NC(=O)OCc1ccccc1)C[C@H](C(=O)O)N2. The summed E-state index contributed by atoms with van der Waals surface area (Å²) in [5, 5.41) is 15.1. The van der Waals surface area contributed by atoms with E-state index < -0.39 is 24.1 Å². The van der Waals surface area contributed by atoms with Crippen molar-refractivity contribution in [3.05, 3.63) is 53.6 Å². The van der Waals surface area contributed by atoms with Crippen LogP contribution in [0.15, 0.2) is 42.5 Å². The maximum Gasteiger partial charge on any atom is 0.407 e. The summed E-state index contributed by atoms with van der Waals surface area (Å²) in [5.74, 6) is -0.0589. The third kappa shape index (κ3) is 4.28. The number of rotatable bonds is 6. The quantitative estimate of drug-likeness (QED) is 0.701.